The molecule has 6 nitrogen and oxygen atoms in total. The zero-order chi connectivity index (χ0) is 15.2. The molecule has 1 atom stereocenters. The minimum Gasteiger partial charge on any atom is -0.491 e. The van der Waals surface area contributed by atoms with Crippen molar-refractivity contribution < 1.29 is 14.2 Å². The molecule has 0 amide bonds. The highest BCUT2D eigenvalue weighted by molar-refractivity contribution is 6.30. The molecule has 2 aromatic rings. The molecule has 7 heteroatoms. The second kappa shape index (κ2) is 7.10. The van der Waals surface area contributed by atoms with Gasteiger partial charge in [-0.25, -0.2) is 4.98 Å². The van der Waals surface area contributed by atoms with Crippen LogP contribution in [0.4, 0.5) is 0 Å². The van der Waals surface area contributed by atoms with Gasteiger partial charge >= 0.3 is 0 Å². The first-order valence-corrected chi connectivity index (χ1v) is 6.60. The van der Waals surface area contributed by atoms with Gasteiger partial charge in [0.1, 0.15) is 18.1 Å². The molecule has 1 aromatic heterocycles. The fourth-order valence-corrected chi connectivity index (χ4v) is 1.87. The SMILES string of the molecule is COc1cnc(C(N)COc2cccc(Cl)c2)c(OC)n1. The van der Waals surface area contributed by atoms with E-state index in [1.54, 1.807) is 24.3 Å². The molecule has 112 valence electrons. The fraction of sp³-hybridized carbons (Fsp3) is 0.286. The van der Waals surface area contributed by atoms with Gasteiger partial charge in [-0.3, -0.25) is 0 Å². The summed E-state index contributed by atoms with van der Waals surface area (Å²) in [6, 6.07) is 6.60. The molecule has 0 saturated heterocycles. The minimum absolute atomic E-state index is 0.220. The molecule has 1 aromatic carbocycles. The summed E-state index contributed by atoms with van der Waals surface area (Å²) >= 11 is 5.89. The molecule has 1 unspecified atom stereocenters. The lowest BCUT2D eigenvalue weighted by molar-refractivity contribution is 0.280. The summed E-state index contributed by atoms with van der Waals surface area (Å²) in [5.41, 5.74) is 6.57. The van der Waals surface area contributed by atoms with E-state index in [4.69, 9.17) is 31.5 Å². The van der Waals surface area contributed by atoms with E-state index in [2.05, 4.69) is 9.97 Å². The quantitative estimate of drug-likeness (QED) is 0.881. The summed E-state index contributed by atoms with van der Waals surface area (Å²) in [5, 5.41) is 0.600. The molecule has 2 rings (SSSR count). The van der Waals surface area contributed by atoms with Gasteiger partial charge in [-0.1, -0.05) is 17.7 Å². The van der Waals surface area contributed by atoms with E-state index in [0.29, 0.717) is 28.2 Å². The predicted octanol–water partition coefficient (Wildman–Crippen LogP) is 2.23. The van der Waals surface area contributed by atoms with E-state index in [0.717, 1.165) is 0 Å². The van der Waals surface area contributed by atoms with Crippen LogP contribution in [0.2, 0.25) is 5.02 Å². The molecular formula is C14H16ClN3O3. The maximum Gasteiger partial charge on any atom is 0.240 e. The molecule has 0 aliphatic heterocycles. The lowest BCUT2D eigenvalue weighted by Gasteiger charge is -2.15. The third-order valence-electron chi connectivity index (χ3n) is 2.72. The number of aromatic nitrogens is 2. The summed E-state index contributed by atoms with van der Waals surface area (Å²) in [6.07, 6.45) is 1.48. The highest BCUT2D eigenvalue weighted by Crippen LogP contribution is 2.23. The summed E-state index contributed by atoms with van der Waals surface area (Å²) in [5.74, 6) is 1.31. The maximum absolute atomic E-state index is 6.07. The standard InChI is InChI=1S/C14H16ClN3O3/c1-19-12-7-17-13(14(18-12)20-2)11(16)8-21-10-5-3-4-9(15)6-10/h3-7,11H,8,16H2,1-2H3. The number of benzene rings is 1. The summed E-state index contributed by atoms with van der Waals surface area (Å²) < 4.78 is 15.8. The predicted molar refractivity (Wildman–Crippen MR) is 79.0 cm³/mol. The van der Waals surface area contributed by atoms with Gasteiger partial charge in [-0.15, -0.1) is 0 Å². The van der Waals surface area contributed by atoms with Crippen LogP contribution in [0.5, 0.6) is 17.5 Å². The van der Waals surface area contributed by atoms with Crippen LogP contribution in [0.3, 0.4) is 0 Å². The Kier molecular flexibility index (Phi) is 5.19. The van der Waals surface area contributed by atoms with E-state index in [9.17, 15) is 0 Å². The summed E-state index contributed by atoms with van der Waals surface area (Å²) in [4.78, 5) is 8.34. The monoisotopic (exact) mass is 309 g/mol. The molecule has 0 spiro atoms. The molecule has 0 aliphatic carbocycles. The van der Waals surface area contributed by atoms with Gasteiger partial charge in [0.25, 0.3) is 0 Å². The molecule has 21 heavy (non-hydrogen) atoms. The van der Waals surface area contributed by atoms with Gasteiger partial charge in [0.05, 0.1) is 26.5 Å². The molecular weight excluding hydrogens is 294 g/mol. The smallest absolute Gasteiger partial charge is 0.240 e. The van der Waals surface area contributed by atoms with Crippen LogP contribution in [0.1, 0.15) is 11.7 Å². The number of nitrogens with zero attached hydrogens (tertiary/aromatic N) is 2. The van der Waals surface area contributed by atoms with Crippen molar-refractivity contribution >= 4 is 11.6 Å². The van der Waals surface area contributed by atoms with Crippen molar-refractivity contribution in [3.63, 3.8) is 0 Å². The molecule has 0 radical (unpaired) electrons. The van der Waals surface area contributed by atoms with Gasteiger partial charge < -0.3 is 19.9 Å². The molecule has 0 bridgehead atoms. The van der Waals surface area contributed by atoms with Gasteiger partial charge in [0.2, 0.25) is 11.8 Å². The Hall–Kier alpha value is -2.05. The van der Waals surface area contributed by atoms with Crippen molar-refractivity contribution in [3.8, 4) is 17.5 Å². The zero-order valence-electron chi connectivity index (χ0n) is 11.7. The maximum atomic E-state index is 6.07. The van der Waals surface area contributed by atoms with Crippen LogP contribution < -0.4 is 19.9 Å². The minimum atomic E-state index is -0.489. The van der Waals surface area contributed by atoms with E-state index >= 15 is 0 Å². The Bertz CT molecular complexity index is 610. The van der Waals surface area contributed by atoms with Gasteiger partial charge in [-0.2, -0.15) is 4.98 Å². The molecule has 1 heterocycles. The van der Waals surface area contributed by atoms with Crippen LogP contribution in [0.15, 0.2) is 30.5 Å². The largest absolute Gasteiger partial charge is 0.491 e. The first-order valence-electron chi connectivity index (χ1n) is 6.23. The topological polar surface area (TPSA) is 79.5 Å². The van der Waals surface area contributed by atoms with Crippen LogP contribution in [0, 0.1) is 0 Å². The van der Waals surface area contributed by atoms with Crippen LogP contribution in [0.25, 0.3) is 0 Å². The Morgan fingerprint density at radius 2 is 2.10 bits per heavy atom. The van der Waals surface area contributed by atoms with Gasteiger partial charge in [0.15, 0.2) is 0 Å². The summed E-state index contributed by atoms with van der Waals surface area (Å²) in [6.45, 7) is 0.220. The number of hydrogen-bond acceptors (Lipinski definition) is 6. The van der Waals surface area contributed by atoms with E-state index in [-0.39, 0.29) is 6.61 Å². The first-order chi connectivity index (χ1) is 10.1. The van der Waals surface area contributed by atoms with Gasteiger partial charge in [-0.05, 0) is 18.2 Å². The lowest BCUT2D eigenvalue weighted by atomic mass is 10.2. The number of rotatable bonds is 6. The van der Waals surface area contributed by atoms with E-state index in [1.807, 2.05) is 0 Å². The summed E-state index contributed by atoms with van der Waals surface area (Å²) in [7, 11) is 3.00. The third-order valence-corrected chi connectivity index (χ3v) is 2.96. The van der Waals surface area contributed by atoms with Crippen molar-refractivity contribution in [3.05, 3.63) is 41.2 Å². The zero-order valence-corrected chi connectivity index (χ0v) is 12.5. The average molecular weight is 310 g/mol. The fourth-order valence-electron chi connectivity index (χ4n) is 1.69. The number of halogens is 1. The van der Waals surface area contributed by atoms with Crippen LogP contribution in [-0.4, -0.2) is 30.8 Å². The third kappa shape index (κ3) is 3.96. The van der Waals surface area contributed by atoms with Crippen LogP contribution in [-0.2, 0) is 0 Å². The highest BCUT2D eigenvalue weighted by atomic mass is 35.5. The number of ether oxygens (including phenoxy) is 3. The first kappa shape index (κ1) is 15.3. The molecule has 0 aliphatic rings. The van der Waals surface area contributed by atoms with E-state index < -0.39 is 6.04 Å². The van der Waals surface area contributed by atoms with Crippen molar-refractivity contribution in [2.24, 2.45) is 5.73 Å². The number of nitrogens with two attached hydrogens (primary N) is 1. The second-order valence-electron chi connectivity index (χ2n) is 4.18. The van der Waals surface area contributed by atoms with Crippen LogP contribution >= 0.6 is 11.6 Å². The van der Waals surface area contributed by atoms with Crippen molar-refractivity contribution in [2.75, 3.05) is 20.8 Å². The molecule has 2 N–H and O–H groups in total. The average Bonchev–Trinajstić information content (AvgIpc) is 2.52. The lowest BCUT2D eigenvalue weighted by Crippen LogP contribution is -2.21. The Morgan fingerprint density at radius 3 is 2.76 bits per heavy atom. The molecule has 0 saturated carbocycles. The number of methoxy groups -OCH3 is 2. The highest BCUT2D eigenvalue weighted by Gasteiger charge is 2.17. The van der Waals surface area contributed by atoms with Crippen molar-refractivity contribution in [1.82, 2.24) is 9.97 Å². The Labute approximate surface area is 127 Å². The van der Waals surface area contributed by atoms with Crippen molar-refractivity contribution in [1.29, 1.82) is 0 Å². The Balaban J connectivity index is 2.07. The second-order valence-corrected chi connectivity index (χ2v) is 4.62. The Morgan fingerprint density at radius 1 is 1.29 bits per heavy atom. The number of hydrogen-bond donors (Lipinski definition) is 1. The normalized spacial score (nSPS) is 11.8. The van der Waals surface area contributed by atoms with Gasteiger partial charge in [0, 0.05) is 5.02 Å². The van der Waals surface area contributed by atoms with E-state index in [1.165, 1.54) is 20.4 Å². The van der Waals surface area contributed by atoms with Crippen molar-refractivity contribution in [2.45, 2.75) is 6.04 Å². The molecule has 0 fully saturated rings.